The van der Waals surface area contributed by atoms with E-state index >= 15 is 0 Å². The van der Waals surface area contributed by atoms with E-state index in [0.29, 0.717) is 17.3 Å². The van der Waals surface area contributed by atoms with Crippen LogP contribution in [0.1, 0.15) is 84.7 Å². The average Bonchev–Trinajstić information content (AvgIpc) is 3.40. The number of hydrogen-bond donors (Lipinski definition) is 1. The first kappa shape index (κ1) is 26.5. The fourth-order valence-electron chi connectivity index (χ4n) is 5.42. The van der Waals surface area contributed by atoms with Gasteiger partial charge in [-0.1, -0.05) is 58.8 Å². The Bertz CT molecular complexity index is 1270. The molecule has 2 fully saturated rings. The molecule has 1 N–H and O–H groups in total. The molecule has 0 radical (unpaired) electrons. The van der Waals surface area contributed by atoms with Gasteiger partial charge in [-0.25, -0.2) is 4.98 Å². The van der Waals surface area contributed by atoms with Gasteiger partial charge in [0.15, 0.2) is 0 Å². The van der Waals surface area contributed by atoms with Crippen LogP contribution in [0.5, 0.6) is 0 Å². The van der Waals surface area contributed by atoms with Crippen LogP contribution in [-0.4, -0.2) is 23.3 Å². The van der Waals surface area contributed by atoms with Gasteiger partial charge in [0, 0.05) is 35.7 Å². The highest BCUT2D eigenvalue weighted by molar-refractivity contribution is 7.79. The summed E-state index contributed by atoms with van der Waals surface area (Å²) in [6, 6.07) is 8.29. The van der Waals surface area contributed by atoms with Crippen molar-refractivity contribution in [1.29, 1.82) is 0 Å². The molecule has 1 atom stereocenters. The van der Waals surface area contributed by atoms with Crippen molar-refractivity contribution in [3.63, 3.8) is 0 Å². The zero-order valence-electron chi connectivity index (χ0n) is 21.5. The fourth-order valence-corrected chi connectivity index (χ4v) is 5.87. The molecule has 0 amide bonds. The third-order valence-corrected chi connectivity index (χ3v) is 8.23. The lowest BCUT2D eigenvalue weighted by Crippen LogP contribution is -2.23. The van der Waals surface area contributed by atoms with E-state index in [9.17, 15) is 13.6 Å². The van der Waals surface area contributed by atoms with Gasteiger partial charge in [0.2, 0.25) is 5.95 Å². The Labute approximate surface area is 217 Å². The van der Waals surface area contributed by atoms with Gasteiger partial charge in [-0.15, -0.1) is 0 Å². The quantitative estimate of drug-likeness (QED) is 0.384. The summed E-state index contributed by atoms with van der Waals surface area (Å²) in [4.78, 5) is 21.6. The number of aromatic nitrogens is 3. The molecule has 0 saturated heterocycles. The molecule has 1 unspecified atom stereocenters. The van der Waals surface area contributed by atoms with Crippen LogP contribution >= 0.6 is 0 Å². The van der Waals surface area contributed by atoms with Gasteiger partial charge in [0.1, 0.15) is 5.65 Å². The molecular weight excluding hydrogens is 472 g/mol. The van der Waals surface area contributed by atoms with Crippen LogP contribution in [0.3, 0.4) is 0 Å². The highest BCUT2D eigenvalue weighted by Gasteiger charge is 2.21. The molecule has 0 spiro atoms. The Kier molecular flexibility index (Phi) is 8.90. The maximum absolute atomic E-state index is 12.5. The van der Waals surface area contributed by atoms with Crippen molar-refractivity contribution < 1.29 is 10.2 Å². The van der Waals surface area contributed by atoms with Crippen molar-refractivity contribution in [1.82, 2.24) is 14.5 Å². The molecule has 7 nitrogen and oxygen atoms in total. The van der Waals surface area contributed by atoms with E-state index in [-0.39, 0.29) is 17.9 Å². The zero-order valence-corrected chi connectivity index (χ0v) is 22.4. The summed E-state index contributed by atoms with van der Waals surface area (Å²) in [6.45, 7) is 6.53. The van der Waals surface area contributed by atoms with Crippen molar-refractivity contribution in [3.8, 4) is 0 Å². The normalized spacial score (nSPS) is 17.7. The lowest BCUT2D eigenvalue weighted by Gasteiger charge is -2.24. The van der Waals surface area contributed by atoms with Crippen molar-refractivity contribution in [2.45, 2.75) is 89.5 Å². The standard InChI is InChI=1S/C19H20N4O3S.C9H18.H2/c1-12-10-15(27(25)26)7-8-16(12)21-19-20-11-13-6-9-17(24)23(18(13)22-19)14-4-2-3-5-14;1-8(2)9-6-4-3-5-7-9;/h6-11,14H,2-5H2,1H3,(H,25,26)(H,20,21,22);8-9H,3-7H2,1-2H3;1H/p-1. The van der Waals surface area contributed by atoms with Crippen LogP contribution in [0.25, 0.3) is 11.0 Å². The molecule has 36 heavy (non-hydrogen) atoms. The molecule has 0 aliphatic heterocycles. The number of hydrogen-bond acceptors (Lipinski definition) is 6. The number of anilines is 2. The Hall–Kier alpha value is -2.58. The third-order valence-electron chi connectivity index (χ3n) is 7.59. The minimum Gasteiger partial charge on any atom is -0.768 e. The molecule has 0 bridgehead atoms. The summed E-state index contributed by atoms with van der Waals surface area (Å²) in [6.07, 6.45) is 13.4. The molecule has 2 saturated carbocycles. The van der Waals surface area contributed by atoms with E-state index in [2.05, 4.69) is 29.1 Å². The second-order valence-corrected chi connectivity index (χ2v) is 11.4. The largest absolute Gasteiger partial charge is 0.768 e. The van der Waals surface area contributed by atoms with Gasteiger partial charge in [-0.05, 0) is 72.5 Å². The molecule has 5 rings (SSSR count). The number of aryl methyl sites for hydroxylation is 1. The van der Waals surface area contributed by atoms with Crippen LogP contribution < -0.4 is 10.9 Å². The summed E-state index contributed by atoms with van der Waals surface area (Å²) >= 11 is -2.27. The smallest absolute Gasteiger partial charge is 0.252 e. The maximum Gasteiger partial charge on any atom is 0.252 e. The molecule has 2 heterocycles. The Morgan fingerprint density at radius 3 is 2.36 bits per heavy atom. The molecule has 2 aromatic heterocycles. The number of fused-ring (bicyclic) bond motifs is 1. The molecule has 2 aliphatic rings. The van der Waals surface area contributed by atoms with Crippen LogP contribution in [0.4, 0.5) is 11.6 Å². The van der Waals surface area contributed by atoms with Crippen molar-refractivity contribution in [2.75, 3.05) is 5.32 Å². The molecular formula is C28H39N4O3S-. The molecule has 1 aromatic carbocycles. The average molecular weight is 512 g/mol. The fraction of sp³-hybridized carbons (Fsp3) is 0.536. The van der Waals surface area contributed by atoms with E-state index in [0.717, 1.165) is 48.5 Å². The van der Waals surface area contributed by atoms with Gasteiger partial charge in [0.05, 0.1) is 0 Å². The van der Waals surface area contributed by atoms with E-state index < -0.39 is 11.1 Å². The number of nitrogens with zero attached hydrogens (tertiary/aromatic N) is 3. The van der Waals surface area contributed by atoms with Crippen molar-refractivity contribution in [2.24, 2.45) is 11.8 Å². The van der Waals surface area contributed by atoms with E-state index in [1.807, 2.05) is 6.92 Å². The number of benzene rings is 1. The molecule has 8 heteroatoms. The lowest BCUT2D eigenvalue weighted by molar-refractivity contribution is 0.279. The van der Waals surface area contributed by atoms with Crippen molar-refractivity contribution in [3.05, 3.63) is 52.4 Å². The summed E-state index contributed by atoms with van der Waals surface area (Å²) in [7, 11) is 0. The van der Waals surface area contributed by atoms with Crippen LogP contribution in [-0.2, 0) is 11.1 Å². The number of nitrogens with one attached hydrogen (secondary N) is 1. The lowest BCUT2D eigenvalue weighted by atomic mass is 9.82. The molecule has 196 valence electrons. The van der Waals surface area contributed by atoms with Gasteiger partial charge >= 0.3 is 0 Å². The first-order valence-electron chi connectivity index (χ1n) is 13.2. The summed E-state index contributed by atoms with van der Waals surface area (Å²) in [5, 5.41) is 3.95. The Morgan fingerprint density at radius 2 is 1.75 bits per heavy atom. The highest BCUT2D eigenvalue weighted by atomic mass is 32.2. The van der Waals surface area contributed by atoms with E-state index in [4.69, 9.17) is 0 Å². The van der Waals surface area contributed by atoms with Crippen LogP contribution in [0.15, 0.2) is 46.2 Å². The van der Waals surface area contributed by atoms with Gasteiger partial charge in [-0.3, -0.25) is 13.6 Å². The second kappa shape index (κ2) is 12.1. The zero-order chi connectivity index (χ0) is 25.7. The Balaban J connectivity index is 0.000000324. The van der Waals surface area contributed by atoms with Crippen LogP contribution in [0.2, 0.25) is 0 Å². The first-order chi connectivity index (χ1) is 17.3. The van der Waals surface area contributed by atoms with Gasteiger partial charge < -0.3 is 9.87 Å². The minimum absolute atomic E-state index is 0. The van der Waals surface area contributed by atoms with Crippen LogP contribution in [0, 0.1) is 18.8 Å². The van der Waals surface area contributed by atoms with E-state index in [1.165, 1.54) is 38.2 Å². The SMILES string of the molecule is CC(C)C1CCCCC1.Cc1cc(S(=O)[O-])ccc1Nc1ncc2ccc(=O)n(C3CCCC3)c2n1.[HH]. The number of rotatable bonds is 5. The van der Waals surface area contributed by atoms with Gasteiger partial charge in [0.25, 0.3) is 5.56 Å². The summed E-state index contributed by atoms with van der Waals surface area (Å²) < 4.78 is 24.0. The topological polar surface area (TPSA) is 99.9 Å². The number of pyridine rings is 1. The predicted octanol–water partition coefficient (Wildman–Crippen LogP) is 6.67. The Morgan fingerprint density at radius 1 is 1.06 bits per heavy atom. The monoisotopic (exact) mass is 511 g/mol. The van der Waals surface area contributed by atoms with E-state index in [1.54, 1.807) is 35.0 Å². The predicted molar refractivity (Wildman–Crippen MR) is 146 cm³/mol. The minimum atomic E-state index is -2.27. The maximum atomic E-state index is 12.5. The van der Waals surface area contributed by atoms with Gasteiger partial charge in [-0.2, -0.15) is 4.98 Å². The van der Waals surface area contributed by atoms with Crippen molar-refractivity contribution >= 4 is 33.7 Å². The summed E-state index contributed by atoms with van der Waals surface area (Å²) in [5.74, 6) is 2.36. The first-order valence-corrected chi connectivity index (χ1v) is 14.3. The highest BCUT2D eigenvalue weighted by Crippen LogP contribution is 2.31. The molecule has 2 aliphatic carbocycles. The summed E-state index contributed by atoms with van der Waals surface area (Å²) in [5.41, 5.74) is 2.07. The molecule has 3 aromatic rings. The third kappa shape index (κ3) is 6.40. The second-order valence-electron chi connectivity index (χ2n) is 10.4.